The van der Waals surface area contributed by atoms with Crippen molar-refractivity contribution in [3.05, 3.63) is 45.6 Å². The van der Waals surface area contributed by atoms with Crippen molar-refractivity contribution in [2.75, 3.05) is 14.2 Å². The molecule has 2 aromatic rings. The first-order valence-electron chi connectivity index (χ1n) is 5.97. The molecule has 0 saturated heterocycles. The standard InChI is InChI=1S/C14H13ClN2O4/c1-17-7-9(8-4-5-16-10(15)6-8)11(14(19)21-3)12(20-2)13(17)18/h4-7H,1-3H3. The van der Waals surface area contributed by atoms with Crippen LogP contribution >= 0.6 is 11.6 Å². The van der Waals surface area contributed by atoms with Crippen LogP contribution in [-0.2, 0) is 11.8 Å². The molecule has 2 aromatic heterocycles. The minimum Gasteiger partial charge on any atom is -0.490 e. The maximum atomic E-state index is 12.1. The highest BCUT2D eigenvalue weighted by Gasteiger charge is 2.23. The number of ether oxygens (including phenoxy) is 2. The number of pyridine rings is 2. The zero-order valence-electron chi connectivity index (χ0n) is 11.7. The number of nitrogens with zero attached hydrogens (tertiary/aromatic N) is 2. The molecule has 0 fully saturated rings. The van der Waals surface area contributed by atoms with Gasteiger partial charge in [0.25, 0.3) is 5.56 Å². The summed E-state index contributed by atoms with van der Waals surface area (Å²) in [6.45, 7) is 0. The first-order valence-corrected chi connectivity index (χ1v) is 6.35. The topological polar surface area (TPSA) is 70.4 Å². The third-order valence-electron chi connectivity index (χ3n) is 2.96. The van der Waals surface area contributed by atoms with Crippen LogP contribution in [0.2, 0.25) is 5.15 Å². The van der Waals surface area contributed by atoms with Crippen molar-refractivity contribution in [1.82, 2.24) is 9.55 Å². The molecule has 2 rings (SSSR count). The second-order valence-electron chi connectivity index (χ2n) is 4.23. The molecule has 0 aliphatic carbocycles. The van der Waals surface area contributed by atoms with Crippen LogP contribution in [0.1, 0.15) is 10.4 Å². The number of hydrogen-bond acceptors (Lipinski definition) is 5. The van der Waals surface area contributed by atoms with Gasteiger partial charge in [-0.25, -0.2) is 9.78 Å². The van der Waals surface area contributed by atoms with E-state index in [0.717, 1.165) is 0 Å². The Morgan fingerprint density at radius 2 is 2.10 bits per heavy atom. The minimum atomic E-state index is -0.660. The van der Waals surface area contributed by atoms with Crippen LogP contribution < -0.4 is 10.3 Å². The summed E-state index contributed by atoms with van der Waals surface area (Å²) in [7, 11) is 4.13. The fourth-order valence-corrected chi connectivity index (χ4v) is 2.16. The van der Waals surface area contributed by atoms with Gasteiger partial charge >= 0.3 is 5.97 Å². The SMILES string of the molecule is COC(=O)c1c(-c2ccnc(Cl)c2)cn(C)c(=O)c1OC. The Hall–Kier alpha value is -2.34. The third kappa shape index (κ3) is 2.75. The summed E-state index contributed by atoms with van der Waals surface area (Å²) in [5, 5.41) is 0.274. The summed E-state index contributed by atoms with van der Waals surface area (Å²) >= 11 is 5.88. The van der Waals surface area contributed by atoms with Crippen molar-refractivity contribution in [3.8, 4) is 16.9 Å². The zero-order valence-corrected chi connectivity index (χ0v) is 12.5. The fraction of sp³-hybridized carbons (Fsp3) is 0.214. The Kier molecular flexibility index (Phi) is 4.28. The lowest BCUT2D eigenvalue weighted by molar-refractivity contribution is 0.0597. The summed E-state index contributed by atoms with van der Waals surface area (Å²) in [6.07, 6.45) is 3.04. The Balaban J connectivity index is 2.84. The molecule has 0 N–H and O–H groups in total. The largest absolute Gasteiger partial charge is 0.490 e. The van der Waals surface area contributed by atoms with Gasteiger partial charge in [0.15, 0.2) is 5.75 Å². The van der Waals surface area contributed by atoms with E-state index in [1.807, 2.05) is 0 Å². The second kappa shape index (κ2) is 5.97. The monoisotopic (exact) mass is 308 g/mol. The summed E-state index contributed by atoms with van der Waals surface area (Å²) in [5.74, 6) is -0.734. The molecule has 21 heavy (non-hydrogen) atoms. The third-order valence-corrected chi connectivity index (χ3v) is 3.17. The van der Waals surface area contributed by atoms with Crippen molar-refractivity contribution in [1.29, 1.82) is 0 Å². The predicted octanol–water partition coefficient (Wildman–Crippen LogP) is 1.90. The van der Waals surface area contributed by atoms with Gasteiger partial charge in [0, 0.05) is 25.0 Å². The van der Waals surface area contributed by atoms with E-state index in [2.05, 4.69) is 4.98 Å². The number of rotatable bonds is 3. The molecule has 0 unspecified atom stereocenters. The average Bonchev–Trinajstić information content (AvgIpc) is 2.48. The Bertz CT molecular complexity index is 755. The number of hydrogen-bond donors (Lipinski definition) is 0. The van der Waals surface area contributed by atoms with Gasteiger partial charge in [0.1, 0.15) is 10.7 Å². The molecule has 0 radical (unpaired) electrons. The molecule has 2 heterocycles. The lowest BCUT2D eigenvalue weighted by Crippen LogP contribution is -2.22. The molecule has 0 spiro atoms. The maximum absolute atomic E-state index is 12.1. The van der Waals surface area contributed by atoms with Crippen LogP contribution in [0.25, 0.3) is 11.1 Å². The molecule has 6 nitrogen and oxygen atoms in total. The van der Waals surface area contributed by atoms with Crippen LogP contribution in [0.4, 0.5) is 0 Å². The van der Waals surface area contributed by atoms with Crippen molar-refractivity contribution in [2.24, 2.45) is 7.05 Å². The van der Waals surface area contributed by atoms with Gasteiger partial charge in [-0.1, -0.05) is 11.6 Å². The Labute approximate surface area is 125 Å². The zero-order chi connectivity index (χ0) is 15.6. The van der Waals surface area contributed by atoms with Crippen molar-refractivity contribution >= 4 is 17.6 Å². The molecule has 0 aliphatic rings. The van der Waals surface area contributed by atoms with E-state index < -0.39 is 11.5 Å². The van der Waals surface area contributed by atoms with Crippen molar-refractivity contribution in [2.45, 2.75) is 0 Å². The Morgan fingerprint density at radius 1 is 1.38 bits per heavy atom. The first kappa shape index (κ1) is 15.1. The molecular formula is C14H13ClN2O4. The second-order valence-corrected chi connectivity index (χ2v) is 4.61. The van der Waals surface area contributed by atoms with Crippen LogP contribution in [0, 0.1) is 0 Å². The molecule has 0 atom stereocenters. The molecule has 7 heteroatoms. The number of aromatic nitrogens is 2. The van der Waals surface area contributed by atoms with E-state index in [9.17, 15) is 9.59 Å². The van der Waals surface area contributed by atoms with Gasteiger partial charge in [-0.2, -0.15) is 0 Å². The number of carbonyl (C=O) groups excluding carboxylic acids is 1. The molecule has 110 valence electrons. The van der Waals surface area contributed by atoms with E-state index >= 15 is 0 Å². The summed E-state index contributed by atoms with van der Waals surface area (Å²) in [6, 6.07) is 3.27. The minimum absolute atomic E-state index is 0.0605. The molecule has 0 saturated carbocycles. The molecule has 0 aliphatic heterocycles. The summed E-state index contributed by atoms with van der Waals surface area (Å²) in [5.41, 5.74) is 0.738. The molecule has 0 aromatic carbocycles. The van der Waals surface area contributed by atoms with Gasteiger partial charge in [0.2, 0.25) is 0 Å². The van der Waals surface area contributed by atoms with Gasteiger partial charge < -0.3 is 14.0 Å². The maximum Gasteiger partial charge on any atom is 0.342 e. The summed E-state index contributed by atoms with van der Waals surface area (Å²) < 4.78 is 11.2. The van der Waals surface area contributed by atoms with Crippen molar-refractivity contribution < 1.29 is 14.3 Å². The molecule has 0 amide bonds. The highest BCUT2D eigenvalue weighted by molar-refractivity contribution is 6.29. The number of methoxy groups -OCH3 is 2. The lowest BCUT2D eigenvalue weighted by atomic mass is 10.0. The highest BCUT2D eigenvalue weighted by Crippen LogP contribution is 2.29. The van der Waals surface area contributed by atoms with Crippen LogP contribution in [-0.4, -0.2) is 29.7 Å². The number of carbonyl (C=O) groups is 1. The van der Waals surface area contributed by atoms with E-state index in [-0.39, 0.29) is 16.5 Å². The van der Waals surface area contributed by atoms with Gasteiger partial charge in [-0.15, -0.1) is 0 Å². The van der Waals surface area contributed by atoms with E-state index in [0.29, 0.717) is 11.1 Å². The predicted molar refractivity (Wildman–Crippen MR) is 77.8 cm³/mol. The van der Waals surface area contributed by atoms with Gasteiger partial charge in [-0.3, -0.25) is 4.79 Å². The normalized spacial score (nSPS) is 10.3. The number of aryl methyl sites for hydroxylation is 1. The van der Waals surface area contributed by atoms with Gasteiger partial charge in [-0.05, 0) is 17.7 Å². The van der Waals surface area contributed by atoms with E-state index in [1.165, 1.54) is 31.2 Å². The van der Waals surface area contributed by atoms with Crippen molar-refractivity contribution in [3.63, 3.8) is 0 Å². The van der Waals surface area contributed by atoms with Crippen LogP contribution in [0.5, 0.6) is 5.75 Å². The first-order chi connectivity index (χ1) is 9.99. The van der Waals surface area contributed by atoms with E-state index in [1.54, 1.807) is 19.2 Å². The quantitative estimate of drug-likeness (QED) is 0.640. The Morgan fingerprint density at radius 3 is 2.67 bits per heavy atom. The van der Waals surface area contributed by atoms with Crippen LogP contribution in [0.15, 0.2) is 29.3 Å². The van der Waals surface area contributed by atoms with Gasteiger partial charge in [0.05, 0.1) is 14.2 Å². The van der Waals surface area contributed by atoms with Crippen LogP contribution in [0.3, 0.4) is 0 Å². The summed E-state index contributed by atoms with van der Waals surface area (Å²) in [4.78, 5) is 28.0. The average molecular weight is 309 g/mol. The highest BCUT2D eigenvalue weighted by atomic mass is 35.5. The number of halogens is 1. The number of esters is 1. The smallest absolute Gasteiger partial charge is 0.342 e. The fourth-order valence-electron chi connectivity index (χ4n) is 1.99. The molecular weight excluding hydrogens is 296 g/mol. The van der Waals surface area contributed by atoms with E-state index in [4.69, 9.17) is 21.1 Å². The lowest BCUT2D eigenvalue weighted by Gasteiger charge is -2.14. The molecule has 0 bridgehead atoms.